The fourth-order valence-electron chi connectivity index (χ4n) is 2.24. The van der Waals surface area contributed by atoms with Gasteiger partial charge in [0, 0.05) is 17.6 Å². The molecule has 0 aromatic heterocycles. The monoisotopic (exact) mass is 353 g/mol. The number of hydrogen-bond donors (Lipinski definition) is 0. The standard InChI is InChI=1S/C13H12BrF4NO/c14-11-2-1-9(15)7-10(11)12(20)19-5-3-8(4-6-19)13(16,17)18/h1-2,7-8H,3-6H2. The van der Waals surface area contributed by atoms with E-state index in [1.54, 1.807) is 0 Å². The molecule has 20 heavy (non-hydrogen) atoms. The Labute approximate surface area is 121 Å². The summed E-state index contributed by atoms with van der Waals surface area (Å²) in [5, 5.41) is 0. The van der Waals surface area contributed by atoms with Crippen molar-refractivity contribution in [1.82, 2.24) is 4.90 Å². The first-order valence-corrected chi connectivity index (χ1v) is 6.89. The number of carbonyl (C=O) groups excluding carboxylic acids is 1. The molecule has 0 bridgehead atoms. The Hall–Kier alpha value is -1.11. The lowest BCUT2D eigenvalue weighted by Gasteiger charge is -2.33. The molecule has 1 aromatic rings. The molecule has 0 aliphatic carbocycles. The lowest BCUT2D eigenvalue weighted by molar-refractivity contribution is -0.183. The molecule has 0 unspecified atom stereocenters. The minimum Gasteiger partial charge on any atom is -0.339 e. The van der Waals surface area contributed by atoms with E-state index >= 15 is 0 Å². The summed E-state index contributed by atoms with van der Waals surface area (Å²) < 4.78 is 51.2. The highest BCUT2D eigenvalue weighted by atomic mass is 79.9. The van der Waals surface area contributed by atoms with Crippen LogP contribution in [-0.2, 0) is 0 Å². The van der Waals surface area contributed by atoms with Gasteiger partial charge in [0.05, 0.1) is 11.5 Å². The van der Waals surface area contributed by atoms with Crippen molar-refractivity contribution in [3.05, 3.63) is 34.1 Å². The van der Waals surface area contributed by atoms with Crippen LogP contribution in [0.15, 0.2) is 22.7 Å². The first-order chi connectivity index (χ1) is 9.29. The van der Waals surface area contributed by atoms with E-state index < -0.39 is 23.8 Å². The normalized spacial score (nSPS) is 17.4. The molecule has 1 aliphatic heterocycles. The van der Waals surface area contributed by atoms with E-state index in [0.717, 1.165) is 6.07 Å². The quantitative estimate of drug-likeness (QED) is 0.698. The van der Waals surface area contributed by atoms with E-state index in [4.69, 9.17) is 0 Å². The third-order valence-electron chi connectivity index (χ3n) is 3.40. The molecule has 7 heteroatoms. The van der Waals surface area contributed by atoms with Gasteiger partial charge in [-0.05, 0) is 47.0 Å². The Morgan fingerprint density at radius 1 is 1.25 bits per heavy atom. The largest absolute Gasteiger partial charge is 0.391 e. The lowest BCUT2D eigenvalue weighted by atomic mass is 9.96. The predicted molar refractivity (Wildman–Crippen MR) is 68.8 cm³/mol. The number of likely N-dealkylation sites (tertiary alicyclic amines) is 1. The van der Waals surface area contributed by atoms with E-state index in [9.17, 15) is 22.4 Å². The Morgan fingerprint density at radius 2 is 1.85 bits per heavy atom. The van der Waals surface area contributed by atoms with Crippen LogP contribution in [0.1, 0.15) is 23.2 Å². The highest BCUT2D eigenvalue weighted by Gasteiger charge is 2.41. The highest BCUT2D eigenvalue weighted by molar-refractivity contribution is 9.10. The number of halogens is 5. The van der Waals surface area contributed by atoms with Crippen LogP contribution in [0.2, 0.25) is 0 Å². The maximum absolute atomic E-state index is 13.2. The number of piperidine rings is 1. The van der Waals surface area contributed by atoms with E-state index in [-0.39, 0.29) is 31.5 Å². The number of alkyl halides is 3. The minimum absolute atomic E-state index is 0.0337. The average molecular weight is 354 g/mol. The molecular formula is C13H12BrF4NO. The predicted octanol–water partition coefficient (Wildman–Crippen LogP) is 4.00. The van der Waals surface area contributed by atoms with E-state index in [1.807, 2.05) is 0 Å². The molecule has 2 nitrogen and oxygen atoms in total. The van der Waals surface area contributed by atoms with Gasteiger partial charge in [-0.2, -0.15) is 13.2 Å². The first-order valence-electron chi connectivity index (χ1n) is 6.10. The topological polar surface area (TPSA) is 20.3 Å². The van der Waals surface area contributed by atoms with Crippen molar-refractivity contribution < 1.29 is 22.4 Å². The average Bonchev–Trinajstić information content (AvgIpc) is 2.40. The van der Waals surface area contributed by atoms with Crippen molar-refractivity contribution in [2.75, 3.05) is 13.1 Å². The minimum atomic E-state index is -4.21. The molecule has 1 amide bonds. The van der Waals surface area contributed by atoms with Crippen LogP contribution in [0.3, 0.4) is 0 Å². The fourth-order valence-corrected chi connectivity index (χ4v) is 2.66. The molecule has 0 radical (unpaired) electrons. The second kappa shape index (κ2) is 5.71. The van der Waals surface area contributed by atoms with Crippen LogP contribution in [0.4, 0.5) is 17.6 Å². The van der Waals surface area contributed by atoms with Crippen molar-refractivity contribution >= 4 is 21.8 Å². The van der Waals surface area contributed by atoms with Crippen LogP contribution in [0.5, 0.6) is 0 Å². The van der Waals surface area contributed by atoms with Crippen LogP contribution < -0.4 is 0 Å². The van der Waals surface area contributed by atoms with E-state index in [0.29, 0.717) is 4.47 Å². The van der Waals surface area contributed by atoms with Crippen LogP contribution in [0.25, 0.3) is 0 Å². The van der Waals surface area contributed by atoms with Gasteiger partial charge in [0.2, 0.25) is 0 Å². The zero-order chi connectivity index (χ0) is 14.9. The van der Waals surface area contributed by atoms with Crippen molar-refractivity contribution in [1.29, 1.82) is 0 Å². The second-order valence-corrected chi connectivity index (χ2v) is 5.59. The van der Waals surface area contributed by atoms with Gasteiger partial charge in [0.15, 0.2) is 0 Å². The smallest absolute Gasteiger partial charge is 0.339 e. The van der Waals surface area contributed by atoms with E-state index in [1.165, 1.54) is 17.0 Å². The Morgan fingerprint density at radius 3 is 2.40 bits per heavy atom. The van der Waals surface area contributed by atoms with Gasteiger partial charge in [-0.15, -0.1) is 0 Å². The zero-order valence-electron chi connectivity index (χ0n) is 10.4. The van der Waals surface area contributed by atoms with Gasteiger partial charge in [0.1, 0.15) is 5.82 Å². The molecule has 2 rings (SSSR count). The summed E-state index contributed by atoms with van der Waals surface area (Å²) in [4.78, 5) is 13.5. The van der Waals surface area contributed by atoms with Gasteiger partial charge in [-0.1, -0.05) is 0 Å². The Kier molecular flexibility index (Phi) is 4.36. The molecule has 0 atom stereocenters. The SMILES string of the molecule is O=C(c1cc(F)ccc1Br)N1CCC(C(F)(F)F)CC1. The molecule has 1 aliphatic rings. The second-order valence-electron chi connectivity index (χ2n) is 4.73. The van der Waals surface area contributed by atoms with Gasteiger partial charge in [-0.25, -0.2) is 4.39 Å². The molecule has 1 heterocycles. The summed E-state index contributed by atoms with van der Waals surface area (Å²) in [6, 6.07) is 3.70. The van der Waals surface area contributed by atoms with Crippen molar-refractivity contribution in [2.24, 2.45) is 5.92 Å². The summed E-state index contributed by atoms with van der Waals surface area (Å²) in [7, 11) is 0. The van der Waals surface area contributed by atoms with Gasteiger partial charge < -0.3 is 4.90 Å². The summed E-state index contributed by atoms with van der Waals surface area (Å²) in [6.07, 6.45) is -4.43. The number of amides is 1. The lowest BCUT2D eigenvalue weighted by Crippen LogP contribution is -2.42. The number of rotatable bonds is 1. The van der Waals surface area contributed by atoms with Crippen LogP contribution in [0, 0.1) is 11.7 Å². The fraction of sp³-hybridized carbons (Fsp3) is 0.462. The molecular weight excluding hydrogens is 342 g/mol. The summed E-state index contributed by atoms with van der Waals surface area (Å²) >= 11 is 3.15. The van der Waals surface area contributed by atoms with Crippen molar-refractivity contribution in [3.8, 4) is 0 Å². The maximum atomic E-state index is 13.2. The Balaban J connectivity index is 2.07. The van der Waals surface area contributed by atoms with Crippen molar-refractivity contribution in [2.45, 2.75) is 19.0 Å². The molecule has 1 saturated heterocycles. The van der Waals surface area contributed by atoms with Gasteiger partial charge in [-0.3, -0.25) is 4.79 Å². The van der Waals surface area contributed by atoms with Crippen molar-refractivity contribution in [3.63, 3.8) is 0 Å². The summed E-state index contributed by atoms with van der Waals surface area (Å²) in [6.45, 7) is 0.0674. The molecule has 1 aromatic carbocycles. The number of benzene rings is 1. The van der Waals surface area contributed by atoms with E-state index in [2.05, 4.69) is 15.9 Å². The molecule has 0 saturated carbocycles. The molecule has 1 fully saturated rings. The summed E-state index contributed by atoms with van der Waals surface area (Å²) in [5.74, 6) is -2.36. The third-order valence-corrected chi connectivity index (χ3v) is 4.10. The Bertz CT molecular complexity index is 510. The van der Waals surface area contributed by atoms with Gasteiger partial charge in [0.25, 0.3) is 5.91 Å². The number of carbonyl (C=O) groups is 1. The van der Waals surface area contributed by atoms with Crippen LogP contribution in [-0.4, -0.2) is 30.1 Å². The highest BCUT2D eigenvalue weighted by Crippen LogP contribution is 2.34. The summed E-state index contributed by atoms with van der Waals surface area (Å²) in [5.41, 5.74) is 0.135. The molecule has 110 valence electrons. The van der Waals surface area contributed by atoms with Crippen LogP contribution >= 0.6 is 15.9 Å². The first kappa shape index (κ1) is 15.3. The zero-order valence-corrected chi connectivity index (χ0v) is 12.0. The maximum Gasteiger partial charge on any atom is 0.391 e. The number of hydrogen-bond acceptors (Lipinski definition) is 1. The molecule has 0 spiro atoms. The molecule has 0 N–H and O–H groups in total. The third kappa shape index (κ3) is 3.31. The number of nitrogens with zero attached hydrogens (tertiary/aromatic N) is 1. The van der Waals surface area contributed by atoms with Gasteiger partial charge >= 0.3 is 6.18 Å².